The number of piperazine rings is 1. The molecular formula is C20H38N6O. The summed E-state index contributed by atoms with van der Waals surface area (Å²) in [5.74, 6) is 1.51. The smallest absolute Gasteiger partial charge is 0.225 e. The van der Waals surface area contributed by atoms with Gasteiger partial charge in [0.1, 0.15) is 0 Å². The maximum atomic E-state index is 12.7. The van der Waals surface area contributed by atoms with Gasteiger partial charge >= 0.3 is 0 Å². The van der Waals surface area contributed by atoms with Crippen LogP contribution < -0.4 is 10.6 Å². The molecule has 154 valence electrons. The minimum atomic E-state index is 0.272. The number of carbonyl (C=O) groups is 1. The van der Waals surface area contributed by atoms with Gasteiger partial charge in [-0.1, -0.05) is 19.3 Å². The summed E-state index contributed by atoms with van der Waals surface area (Å²) in [6.45, 7) is 5.89. The fraction of sp³-hybridized carbons (Fsp3) is 0.900. The zero-order chi connectivity index (χ0) is 19.2. The van der Waals surface area contributed by atoms with Crippen molar-refractivity contribution in [2.24, 2.45) is 10.9 Å². The van der Waals surface area contributed by atoms with E-state index >= 15 is 0 Å². The van der Waals surface area contributed by atoms with Crippen LogP contribution in [-0.2, 0) is 4.79 Å². The van der Waals surface area contributed by atoms with Crippen molar-refractivity contribution in [2.75, 3.05) is 60.4 Å². The molecule has 3 fully saturated rings. The van der Waals surface area contributed by atoms with Crippen molar-refractivity contribution in [2.45, 2.75) is 50.6 Å². The third-order valence-electron chi connectivity index (χ3n) is 6.50. The summed E-state index contributed by atoms with van der Waals surface area (Å²) >= 11 is 0. The van der Waals surface area contributed by atoms with E-state index in [1.807, 2.05) is 7.05 Å². The summed E-state index contributed by atoms with van der Waals surface area (Å²) in [6, 6.07) is 0.797. The molecule has 2 unspecified atom stereocenters. The van der Waals surface area contributed by atoms with E-state index < -0.39 is 0 Å². The summed E-state index contributed by atoms with van der Waals surface area (Å²) in [5.41, 5.74) is 0. The van der Waals surface area contributed by atoms with Crippen LogP contribution in [-0.4, -0.2) is 99.1 Å². The van der Waals surface area contributed by atoms with E-state index in [1.54, 1.807) is 0 Å². The van der Waals surface area contributed by atoms with Gasteiger partial charge in [0.2, 0.25) is 5.91 Å². The molecule has 2 N–H and O–H groups in total. The van der Waals surface area contributed by atoms with Crippen LogP contribution in [0.2, 0.25) is 0 Å². The molecule has 3 aliphatic rings. The molecule has 2 atom stereocenters. The lowest BCUT2D eigenvalue weighted by Crippen LogP contribution is -2.56. The summed E-state index contributed by atoms with van der Waals surface area (Å²) in [4.78, 5) is 24.0. The number of likely N-dealkylation sites (N-methyl/N-ethyl adjacent to an activating group) is 2. The maximum Gasteiger partial charge on any atom is 0.225 e. The molecule has 0 aromatic carbocycles. The molecule has 2 saturated heterocycles. The van der Waals surface area contributed by atoms with Crippen LogP contribution in [0.5, 0.6) is 0 Å². The lowest BCUT2D eigenvalue weighted by atomic mass is 9.88. The van der Waals surface area contributed by atoms with Crippen LogP contribution in [0.4, 0.5) is 0 Å². The average Bonchev–Trinajstić information content (AvgIpc) is 3.16. The number of guanidine groups is 1. The van der Waals surface area contributed by atoms with E-state index in [-0.39, 0.29) is 5.92 Å². The Hall–Kier alpha value is -1.34. The fourth-order valence-electron chi connectivity index (χ4n) is 4.61. The van der Waals surface area contributed by atoms with Gasteiger partial charge in [0.05, 0.1) is 0 Å². The molecule has 7 heteroatoms. The van der Waals surface area contributed by atoms with Gasteiger partial charge in [-0.05, 0) is 33.4 Å². The number of carbonyl (C=O) groups excluding carboxylic acids is 1. The highest BCUT2D eigenvalue weighted by atomic mass is 16.2. The third kappa shape index (κ3) is 5.57. The number of nitrogens with zero attached hydrogens (tertiary/aromatic N) is 4. The second kappa shape index (κ2) is 9.73. The maximum absolute atomic E-state index is 12.7. The monoisotopic (exact) mass is 378 g/mol. The second-order valence-electron chi connectivity index (χ2n) is 8.60. The highest BCUT2D eigenvalue weighted by Gasteiger charge is 2.32. The number of aliphatic imine (C=N–C) groups is 1. The van der Waals surface area contributed by atoms with E-state index in [4.69, 9.17) is 0 Å². The van der Waals surface area contributed by atoms with Gasteiger partial charge in [-0.2, -0.15) is 0 Å². The largest absolute Gasteiger partial charge is 0.355 e. The summed E-state index contributed by atoms with van der Waals surface area (Å²) in [7, 11) is 6.21. The Balaban J connectivity index is 1.43. The predicted molar refractivity (Wildman–Crippen MR) is 110 cm³/mol. The molecule has 1 saturated carbocycles. The SMILES string of the molecule is CN=C(NCC1CN(C)CCN1C)NC1CCN(C(=O)C2CCCCC2)C1. The van der Waals surface area contributed by atoms with Crippen molar-refractivity contribution >= 4 is 11.9 Å². The number of rotatable bonds is 4. The minimum absolute atomic E-state index is 0.272. The van der Waals surface area contributed by atoms with E-state index in [2.05, 4.69) is 44.4 Å². The molecule has 0 spiro atoms. The van der Waals surface area contributed by atoms with Gasteiger partial charge in [-0.25, -0.2) is 0 Å². The first-order chi connectivity index (χ1) is 13.1. The molecule has 0 aromatic heterocycles. The van der Waals surface area contributed by atoms with E-state index in [0.29, 0.717) is 18.0 Å². The third-order valence-corrected chi connectivity index (χ3v) is 6.50. The zero-order valence-electron chi connectivity index (χ0n) is 17.4. The molecule has 0 aromatic rings. The van der Waals surface area contributed by atoms with Crippen molar-refractivity contribution in [3.05, 3.63) is 0 Å². The molecule has 7 nitrogen and oxygen atoms in total. The Morgan fingerprint density at radius 3 is 2.56 bits per heavy atom. The van der Waals surface area contributed by atoms with Gasteiger partial charge < -0.3 is 20.4 Å². The first-order valence-electron chi connectivity index (χ1n) is 10.7. The normalized spacial score (nSPS) is 29.1. The van der Waals surface area contributed by atoms with E-state index in [1.165, 1.54) is 19.3 Å². The summed E-state index contributed by atoms with van der Waals surface area (Å²) in [5, 5.41) is 7.02. The van der Waals surface area contributed by atoms with Crippen molar-refractivity contribution < 1.29 is 4.79 Å². The van der Waals surface area contributed by atoms with Crippen LogP contribution in [0, 0.1) is 5.92 Å². The zero-order valence-corrected chi connectivity index (χ0v) is 17.4. The van der Waals surface area contributed by atoms with Crippen LogP contribution in [0.25, 0.3) is 0 Å². The molecule has 2 heterocycles. The van der Waals surface area contributed by atoms with Crippen molar-refractivity contribution in [3.8, 4) is 0 Å². The van der Waals surface area contributed by atoms with Gasteiger partial charge in [-0.3, -0.25) is 14.7 Å². The van der Waals surface area contributed by atoms with Gasteiger partial charge in [0, 0.05) is 64.3 Å². The lowest BCUT2D eigenvalue weighted by Gasteiger charge is -2.38. The second-order valence-corrected chi connectivity index (χ2v) is 8.60. The topological polar surface area (TPSA) is 63.2 Å². The molecule has 1 amide bonds. The first-order valence-corrected chi connectivity index (χ1v) is 10.7. The quantitative estimate of drug-likeness (QED) is 0.553. The Kier molecular flexibility index (Phi) is 7.35. The number of amides is 1. The first kappa shape index (κ1) is 20.4. The van der Waals surface area contributed by atoms with Crippen LogP contribution >= 0.6 is 0 Å². The molecule has 0 bridgehead atoms. The Morgan fingerprint density at radius 1 is 1.04 bits per heavy atom. The minimum Gasteiger partial charge on any atom is -0.355 e. The molecule has 2 aliphatic heterocycles. The average molecular weight is 379 g/mol. The number of hydrogen-bond acceptors (Lipinski definition) is 4. The van der Waals surface area contributed by atoms with Crippen molar-refractivity contribution in [1.82, 2.24) is 25.3 Å². The predicted octanol–water partition coefficient (Wildman–Crippen LogP) is 0.578. The van der Waals surface area contributed by atoms with Crippen molar-refractivity contribution in [3.63, 3.8) is 0 Å². The number of likely N-dealkylation sites (tertiary alicyclic amines) is 1. The molecule has 1 aliphatic carbocycles. The number of nitrogens with one attached hydrogen (secondary N) is 2. The van der Waals surface area contributed by atoms with Crippen LogP contribution in [0.1, 0.15) is 38.5 Å². The standard InChI is InChI=1S/C20H38N6O/c1-21-20(22-13-18-15-24(2)11-12-25(18)3)23-17-9-10-26(14-17)19(27)16-7-5-4-6-8-16/h16-18H,4-15H2,1-3H3,(H2,21,22,23). The fourth-order valence-corrected chi connectivity index (χ4v) is 4.61. The Bertz CT molecular complexity index is 519. The van der Waals surface area contributed by atoms with E-state index in [0.717, 1.165) is 64.5 Å². The van der Waals surface area contributed by atoms with Crippen LogP contribution in [0.3, 0.4) is 0 Å². The lowest BCUT2D eigenvalue weighted by molar-refractivity contribution is -0.135. The molecular weight excluding hydrogens is 340 g/mol. The van der Waals surface area contributed by atoms with Gasteiger partial charge in [0.15, 0.2) is 5.96 Å². The van der Waals surface area contributed by atoms with Crippen LogP contribution in [0.15, 0.2) is 4.99 Å². The molecule has 0 radical (unpaired) electrons. The summed E-state index contributed by atoms with van der Waals surface area (Å²) in [6.07, 6.45) is 6.90. The van der Waals surface area contributed by atoms with Crippen molar-refractivity contribution in [1.29, 1.82) is 0 Å². The Labute approximate surface area is 164 Å². The highest BCUT2D eigenvalue weighted by molar-refractivity contribution is 5.81. The molecule has 3 rings (SSSR count). The van der Waals surface area contributed by atoms with Gasteiger partial charge in [-0.15, -0.1) is 0 Å². The number of hydrogen-bond donors (Lipinski definition) is 2. The van der Waals surface area contributed by atoms with Gasteiger partial charge in [0.25, 0.3) is 0 Å². The molecule has 27 heavy (non-hydrogen) atoms. The summed E-state index contributed by atoms with van der Waals surface area (Å²) < 4.78 is 0. The van der Waals surface area contributed by atoms with E-state index in [9.17, 15) is 4.79 Å². The Morgan fingerprint density at radius 2 is 1.81 bits per heavy atom. The highest BCUT2D eigenvalue weighted by Crippen LogP contribution is 2.26.